The number of non-ortho nitro benzene ring substituents is 1. The van der Waals surface area contributed by atoms with Gasteiger partial charge in [-0.1, -0.05) is 44.2 Å². The van der Waals surface area contributed by atoms with Crippen LogP contribution in [0.1, 0.15) is 36.5 Å². The highest BCUT2D eigenvalue weighted by molar-refractivity contribution is 5.95. The Kier molecular flexibility index (Phi) is 7.03. The van der Waals surface area contributed by atoms with Crippen LogP contribution in [0, 0.1) is 17.0 Å². The van der Waals surface area contributed by atoms with E-state index in [1.165, 1.54) is 24.3 Å². The first-order chi connectivity index (χ1) is 13.3. The lowest BCUT2D eigenvalue weighted by molar-refractivity contribution is -0.384. The highest BCUT2D eigenvalue weighted by atomic mass is 16.6. The first-order valence-electron chi connectivity index (χ1n) is 8.76. The fourth-order valence-electron chi connectivity index (χ4n) is 2.61. The second kappa shape index (κ2) is 9.45. The molecule has 0 fully saturated rings. The molecule has 0 radical (unpaired) electrons. The maximum absolute atomic E-state index is 12.2. The SMILES string of the molecule is Cc1cccc(C(C)C)c1NC(=O)COC(=O)/C=C/c1cccc([N+](=O)[O-])c1. The number of anilines is 1. The number of amides is 1. The van der Waals surface area contributed by atoms with Gasteiger partial charge in [-0.15, -0.1) is 0 Å². The molecular weight excluding hydrogens is 360 g/mol. The maximum Gasteiger partial charge on any atom is 0.331 e. The summed E-state index contributed by atoms with van der Waals surface area (Å²) in [5.41, 5.74) is 3.07. The van der Waals surface area contributed by atoms with E-state index in [9.17, 15) is 19.7 Å². The second-order valence-corrected chi connectivity index (χ2v) is 6.54. The molecule has 0 aliphatic rings. The van der Waals surface area contributed by atoms with Crippen molar-refractivity contribution in [1.82, 2.24) is 0 Å². The number of hydrogen-bond donors (Lipinski definition) is 1. The van der Waals surface area contributed by atoms with Crippen LogP contribution in [0.25, 0.3) is 6.08 Å². The monoisotopic (exact) mass is 382 g/mol. The number of hydrogen-bond acceptors (Lipinski definition) is 5. The zero-order chi connectivity index (χ0) is 20.7. The molecule has 0 spiro atoms. The highest BCUT2D eigenvalue weighted by Gasteiger charge is 2.13. The van der Waals surface area contributed by atoms with E-state index in [0.29, 0.717) is 5.56 Å². The molecule has 0 atom stereocenters. The van der Waals surface area contributed by atoms with E-state index >= 15 is 0 Å². The second-order valence-electron chi connectivity index (χ2n) is 6.54. The summed E-state index contributed by atoms with van der Waals surface area (Å²) in [6.07, 6.45) is 2.52. The van der Waals surface area contributed by atoms with Gasteiger partial charge in [-0.3, -0.25) is 14.9 Å². The molecule has 146 valence electrons. The van der Waals surface area contributed by atoms with Crippen molar-refractivity contribution in [2.75, 3.05) is 11.9 Å². The van der Waals surface area contributed by atoms with Crippen LogP contribution in [-0.4, -0.2) is 23.4 Å². The van der Waals surface area contributed by atoms with Crippen molar-refractivity contribution in [2.24, 2.45) is 0 Å². The van der Waals surface area contributed by atoms with Gasteiger partial charge in [0, 0.05) is 23.9 Å². The minimum Gasteiger partial charge on any atom is -0.452 e. The number of carbonyl (C=O) groups is 2. The van der Waals surface area contributed by atoms with E-state index < -0.39 is 23.4 Å². The number of esters is 1. The fraction of sp³-hybridized carbons (Fsp3) is 0.238. The van der Waals surface area contributed by atoms with Gasteiger partial charge in [0.05, 0.1) is 4.92 Å². The first kappa shape index (κ1) is 20.8. The fourth-order valence-corrected chi connectivity index (χ4v) is 2.61. The Hall–Kier alpha value is -3.48. The normalized spacial score (nSPS) is 10.9. The molecule has 0 heterocycles. The summed E-state index contributed by atoms with van der Waals surface area (Å²) < 4.78 is 4.94. The van der Waals surface area contributed by atoms with Crippen LogP contribution in [0.15, 0.2) is 48.5 Å². The van der Waals surface area contributed by atoms with Gasteiger partial charge in [-0.2, -0.15) is 0 Å². The van der Waals surface area contributed by atoms with Crippen LogP contribution < -0.4 is 5.32 Å². The number of aryl methyl sites for hydroxylation is 1. The minimum absolute atomic E-state index is 0.0749. The van der Waals surface area contributed by atoms with Gasteiger partial charge < -0.3 is 10.1 Å². The molecule has 2 aromatic carbocycles. The lowest BCUT2D eigenvalue weighted by Crippen LogP contribution is -2.21. The van der Waals surface area contributed by atoms with Crippen LogP contribution >= 0.6 is 0 Å². The zero-order valence-electron chi connectivity index (χ0n) is 16.0. The van der Waals surface area contributed by atoms with E-state index in [4.69, 9.17) is 4.74 Å². The van der Waals surface area contributed by atoms with Crippen LogP contribution in [0.3, 0.4) is 0 Å². The molecule has 0 bridgehead atoms. The number of ether oxygens (including phenoxy) is 1. The summed E-state index contributed by atoms with van der Waals surface area (Å²) in [6, 6.07) is 11.6. The van der Waals surface area contributed by atoms with Crippen LogP contribution in [-0.2, 0) is 14.3 Å². The number of nitro benzene ring substituents is 1. The molecule has 2 aromatic rings. The van der Waals surface area contributed by atoms with Crippen LogP contribution in [0.5, 0.6) is 0 Å². The number of nitro groups is 1. The topological polar surface area (TPSA) is 98.5 Å². The number of benzene rings is 2. The van der Waals surface area contributed by atoms with Gasteiger partial charge in [0.25, 0.3) is 11.6 Å². The Labute approximate surface area is 163 Å². The third-order valence-corrected chi connectivity index (χ3v) is 4.03. The highest BCUT2D eigenvalue weighted by Crippen LogP contribution is 2.27. The largest absolute Gasteiger partial charge is 0.452 e. The summed E-state index contributed by atoms with van der Waals surface area (Å²) >= 11 is 0. The average molecular weight is 382 g/mol. The zero-order valence-corrected chi connectivity index (χ0v) is 16.0. The van der Waals surface area contributed by atoms with Crippen LogP contribution in [0.4, 0.5) is 11.4 Å². The van der Waals surface area contributed by atoms with Crippen molar-refractivity contribution in [3.63, 3.8) is 0 Å². The molecular formula is C21H22N2O5. The molecule has 7 nitrogen and oxygen atoms in total. The number of nitrogens with zero attached hydrogens (tertiary/aromatic N) is 1. The summed E-state index contributed by atoms with van der Waals surface area (Å²) in [4.78, 5) is 34.2. The number of carbonyl (C=O) groups excluding carboxylic acids is 2. The van der Waals surface area contributed by atoms with Crippen molar-refractivity contribution in [3.05, 3.63) is 75.3 Å². The van der Waals surface area contributed by atoms with E-state index in [1.54, 1.807) is 6.07 Å². The third kappa shape index (κ3) is 5.77. The Morgan fingerprint density at radius 1 is 1.21 bits per heavy atom. The van der Waals surface area contributed by atoms with E-state index in [-0.39, 0.29) is 11.6 Å². The Bertz CT molecular complexity index is 919. The summed E-state index contributed by atoms with van der Waals surface area (Å²) in [6.45, 7) is 5.53. The summed E-state index contributed by atoms with van der Waals surface area (Å²) in [7, 11) is 0. The van der Waals surface area contributed by atoms with E-state index in [2.05, 4.69) is 5.32 Å². The third-order valence-electron chi connectivity index (χ3n) is 4.03. The molecule has 0 saturated heterocycles. The number of nitrogens with one attached hydrogen (secondary N) is 1. The molecule has 0 aliphatic carbocycles. The van der Waals surface area contributed by atoms with Crippen molar-refractivity contribution in [3.8, 4) is 0 Å². The van der Waals surface area contributed by atoms with Crippen LogP contribution in [0.2, 0.25) is 0 Å². The van der Waals surface area contributed by atoms with Gasteiger partial charge in [0.2, 0.25) is 0 Å². The predicted molar refractivity (Wildman–Crippen MR) is 107 cm³/mol. The quantitative estimate of drug-likeness (QED) is 0.334. The summed E-state index contributed by atoms with van der Waals surface area (Å²) in [5, 5.41) is 13.5. The minimum atomic E-state index is -0.712. The first-order valence-corrected chi connectivity index (χ1v) is 8.76. The lowest BCUT2D eigenvalue weighted by Gasteiger charge is -2.16. The Morgan fingerprint density at radius 3 is 2.61 bits per heavy atom. The van der Waals surface area contributed by atoms with Gasteiger partial charge >= 0.3 is 5.97 Å². The van der Waals surface area contributed by atoms with Crippen molar-refractivity contribution in [1.29, 1.82) is 0 Å². The van der Waals surface area contributed by atoms with Gasteiger partial charge in [-0.05, 0) is 35.6 Å². The number of para-hydroxylation sites is 1. The summed E-state index contributed by atoms with van der Waals surface area (Å²) in [5.74, 6) is -0.917. The predicted octanol–water partition coefficient (Wildman–Crippen LogP) is 4.22. The lowest BCUT2D eigenvalue weighted by atomic mass is 9.98. The van der Waals surface area contributed by atoms with Gasteiger partial charge in [0.15, 0.2) is 6.61 Å². The molecule has 2 rings (SSSR count). The molecule has 0 aliphatic heterocycles. The Morgan fingerprint density at radius 2 is 1.93 bits per heavy atom. The van der Waals surface area contributed by atoms with Gasteiger partial charge in [0.1, 0.15) is 0 Å². The molecule has 0 unspecified atom stereocenters. The molecule has 28 heavy (non-hydrogen) atoms. The van der Waals surface area contributed by atoms with Crippen molar-refractivity contribution < 1.29 is 19.2 Å². The smallest absolute Gasteiger partial charge is 0.331 e. The Balaban J connectivity index is 1.94. The average Bonchev–Trinajstić information content (AvgIpc) is 2.66. The molecule has 1 N–H and O–H groups in total. The van der Waals surface area contributed by atoms with Crippen molar-refractivity contribution >= 4 is 29.3 Å². The van der Waals surface area contributed by atoms with E-state index in [0.717, 1.165) is 22.9 Å². The number of rotatable bonds is 7. The molecule has 0 aromatic heterocycles. The van der Waals surface area contributed by atoms with E-state index in [1.807, 2.05) is 39.0 Å². The molecule has 7 heteroatoms. The standard InChI is InChI=1S/C21H22N2O5/c1-14(2)18-9-4-6-15(3)21(18)22-19(24)13-28-20(25)11-10-16-7-5-8-17(12-16)23(26)27/h4-12,14H,13H2,1-3H3,(H,22,24)/b11-10+. The maximum atomic E-state index is 12.2. The van der Waals surface area contributed by atoms with Gasteiger partial charge in [-0.25, -0.2) is 4.79 Å². The molecule has 1 amide bonds. The van der Waals surface area contributed by atoms with Crippen molar-refractivity contribution in [2.45, 2.75) is 26.7 Å². The molecule has 0 saturated carbocycles.